The number of anilines is 2. The molecule has 0 unspecified atom stereocenters. The van der Waals surface area contributed by atoms with E-state index in [0.29, 0.717) is 21.8 Å². The Morgan fingerprint density at radius 3 is 3.06 bits per heavy atom. The molecule has 7 heteroatoms. The standard InChI is InChI=1S/C10H12ClN5O/c11-6-3-14-10(16-2-1-5(12)4-16)8-7(6)9(13)15-17-8/h3,5H,1-2,4,12H2,(H2,13,15)/t5-/m1/s1. The van der Waals surface area contributed by atoms with Crippen LogP contribution in [0, 0.1) is 0 Å². The summed E-state index contributed by atoms with van der Waals surface area (Å²) in [7, 11) is 0. The van der Waals surface area contributed by atoms with Gasteiger partial charge in [0, 0.05) is 25.3 Å². The summed E-state index contributed by atoms with van der Waals surface area (Å²) in [5.41, 5.74) is 12.1. The molecule has 1 saturated heterocycles. The van der Waals surface area contributed by atoms with Gasteiger partial charge in [-0.25, -0.2) is 4.98 Å². The van der Waals surface area contributed by atoms with Crippen LogP contribution in [0.25, 0.3) is 11.0 Å². The van der Waals surface area contributed by atoms with Crippen LogP contribution in [0.5, 0.6) is 0 Å². The highest BCUT2D eigenvalue weighted by molar-refractivity contribution is 6.36. The van der Waals surface area contributed by atoms with Crippen molar-refractivity contribution in [1.82, 2.24) is 10.1 Å². The van der Waals surface area contributed by atoms with Crippen molar-refractivity contribution in [1.29, 1.82) is 0 Å². The zero-order valence-corrected chi connectivity index (χ0v) is 9.81. The van der Waals surface area contributed by atoms with E-state index in [1.165, 1.54) is 0 Å². The molecule has 6 nitrogen and oxygen atoms in total. The van der Waals surface area contributed by atoms with Crippen LogP contribution in [-0.4, -0.2) is 29.3 Å². The van der Waals surface area contributed by atoms with Crippen molar-refractivity contribution in [2.75, 3.05) is 23.7 Å². The van der Waals surface area contributed by atoms with Crippen LogP contribution in [0.1, 0.15) is 6.42 Å². The summed E-state index contributed by atoms with van der Waals surface area (Å²) in [6.07, 6.45) is 2.51. The van der Waals surface area contributed by atoms with E-state index in [-0.39, 0.29) is 11.9 Å². The second-order valence-electron chi connectivity index (χ2n) is 4.20. The number of nitrogen functional groups attached to an aromatic ring is 1. The molecule has 0 saturated carbocycles. The molecule has 3 rings (SSSR count). The number of hydrogen-bond acceptors (Lipinski definition) is 6. The van der Waals surface area contributed by atoms with Gasteiger partial charge >= 0.3 is 0 Å². The molecule has 90 valence electrons. The summed E-state index contributed by atoms with van der Waals surface area (Å²) in [6.45, 7) is 1.61. The minimum Gasteiger partial charge on any atom is -0.380 e. The number of pyridine rings is 1. The van der Waals surface area contributed by atoms with Crippen molar-refractivity contribution in [3.05, 3.63) is 11.2 Å². The first-order chi connectivity index (χ1) is 8.16. The molecule has 4 N–H and O–H groups in total. The highest BCUT2D eigenvalue weighted by Gasteiger charge is 2.25. The molecule has 17 heavy (non-hydrogen) atoms. The third-order valence-electron chi connectivity index (χ3n) is 2.98. The van der Waals surface area contributed by atoms with Crippen LogP contribution >= 0.6 is 11.6 Å². The Bertz CT molecular complexity index is 569. The third-order valence-corrected chi connectivity index (χ3v) is 3.27. The van der Waals surface area contributed by atoms with Gasteiger partial charge in [0.25, 0.3) is 0 Å². The van der Waals surface area contributed by atoms with Crippen LogP contribution in [0.4, 0.5) is 11.6 Å². The lowest BCUT2D eigenvalue weighted by Crippen LogP contribution is -2.26. The number of rotatable bonds is 1. The van der Waals surface area contributed by atoms with E-state index in [1.807, 2.05) is 0 Å². The van der Waals surface area contributed by atoms with Gasteiger partial charge in [0.1, 0.15) is 0 Å². The Morgan fingerprint density at radius 2 is 2.35 bits per heavy atom. The van der Waals surface area contributed by atoms with Crippen molar-refractivity contribution in [2.24, 2.45) is 5.73 Å². The summed E-state index contributed by atoms with van der Waals surface area (Å²) in [5, 5.41) is 4.80. The Labute approximate surface area is 102 Å². The van der Waals surface area contributed by atoms with E-state index >= 15 is 0 Å². The molecule has 0 spiro atoms. The normalized spacial score (nSPS) is 20.4. The van der Waals surface area contributed by atoms with Gasteiger partial charge in [-0.15, -0.1) is 0 Å². The lowest BCUT2D eigenvalue weighted by atomic mass is 10.3. The minimum absolute atomic E-state index is 0.169. The first-order valence-electron chi connectivity index (χ1n) is 5.36. The molecule has 0 bridgehead atoms. The van der Waals surface area contributed by atoms with Gasteiger partial charge in [-0.1, -0.05) is 16.8 Å². The summed E-state index contributed by atoms with van der Waals surface area (Å²) in [4.78, 5) is 6.35. The summed E-state index contributed by atoms with van der Waals surface area (Å²) in [5.74, 6) is 0.999. The number of halogens is 1. The number of nitrogens with two attached hydrogens (primary N) is 2. The molecule has 0 amide bonds. The molecule has 2 aromatic rings. The molecular formula is C10H12ClN5O. The van der Waals surface area contributed by atoms with E-state index in [9.17, 15) is 0 Å². The molecule has 0 aromatic carbocycles. The maximum Gasteiger partial charge on any atom is 0.212 e. The van der Waals surface area contributed by atoms with Gasteiger partial charge in [0.05, 0.1) is 10.4 Å². The number of nitrogens with zero attached hydrogens (tertiary/aromatic N) is 3. The third kappa shape index (κ3) is 1.60. The molecule has 3 heterocycles. The van der Waals surface area contributed by atoms with E-state index in [2.05, 4.69) is 15.0 Å². The molecule has 1 fully saturated rings. The molecule has 0 aliphatic carbocycles. The van der Waals surface area contributed by atoms with Crippen molar-refractivity contribution >= 4 is 34.2 Å². The Morgan fingerprint density at radius 1 is 1.53 bits per heavy atom. The van der Waals surface area contributed by atoms with Crippen molar-refractivity contribution in [2.45, 2.75) is 12.5 Å². The van der Waals surface area contributed by atoms with Gasteiger partial charge in [0.2, 0.25) is 5.58 Å². The van der Waals surface area contributed by atoms with Crippen LogP contribution in [-0.2, 0) is 0 Å². The first-order valence-corrected chi connectivity index (χ1v) is 5.74. The summed E-state index contributed by atoms with van der Waals surface area (Å²) < 4.78 is 5.20. The molecule has 2 aromatic heterocycles. The highest BCUT2D eigenvalue weighted by Crippen LogP contribution is 2.34. The van der Waals surface area contributed by atoms with Crippen molar-refractivity contribution < 1.29 is 4.52 Å². The summed E-state index contributed by atoms with van der Waals surface area (Å²) in [6, 6.07) is 0.169. The summed E-state index contributed by atoms with van der Waals surface area (Å²) >= 11 is 6.03. The fourth-order valence-electron chi connectivity index (χ4n) is 2.13. The van der Waals surface area contributed by atoms with Gasteiger partial charge in [0.15, 0.2) is 11.6 Å². The van der Waals surface area contributed by atoms with E-state index in [1.54, 1.807) is 6.20 Å². The minimum atomic E-state index is 0.169. The average Bonchev–Trinajstić information content (AvgIpc) is 2.87. The zero-order valence-electron chi connectivity index (χ0n) is 9.06. The monoisotopic (exact) mass is 253 g/mol. The Hall–Kier alpha value is -1.53. The van der Waals surface area contributed by atoms with Crippen LogP contribution in [0.15, 0.2) is 10.7 Å². The van der Waals surface area contributed by atoms with Gasteiger partial charge in [-0.3, -0.25) is 0 Å². The lowest BCUT2D eigenvalue weighted by Gasteiger charge is -2.16. The van der Waals surface area contributed by atoms with E-state index in [0.717, 1.165) is 19.5 Å². The lowest BCUT2D eigenvalue weighted by molar-refractivity contribution is 0.459. The van der Waals surface area contributed by atoms with Gasteiger partial charge in [-0.2, -0.15) is 0 Å². The number of hydrogen-bond donors (Lipinski definition) is 2. The van der Waals surface area contributed by atoms with E-state index < -0.39 is 0 Å². The maximum absolute atomic E-state index is 6.03. The number of fused-ring (bicyclic) bond motifs is 1. The quantitative estimate of drug-likeness (QED) is 0.787. The van der Waals surface area contributed by atoms with Crippen molar-refractivity contribution in [3.8, 4) is 0 Å². The molecule has 1 aliphatic heterocycles. The fraction of sp³-hybridized carbons (Fsp3) is 0.400. The zero-order chi connectivity index (χ0) is 12.0. The molecule has 1 aliphatic rings. The van der Waals surface area contributed by atoms with Crippen LogP contribution in [0.2, 0.25) is 5.02 Å². The topological polar surface area (TPSA) is 94.2 Å². The maximum atomic E-state index is 6.03. The largest absolute Gasteiger partial charge is 0.380 e. The van der Waals surface area contributed by atoms with Gasteiger partial charge in [-0.05, 0) is 6.42 Å². The SMILES string of the molecule is Nc1noc2c(N3CC[C@@H](N)C3)ncc(Cl)c12. The van der Waals surface area contributed by atoms with Crippen LogP contribution in [0.3, 0.4) is 0 Å². The van der Waals surface area contributed by atoms with Crippen LogP contribution < -0.4 is 16.4 Å². The number of aromatic nitrogens is 2. The smallest absolute Gasteiger partial charge is 0.212 e. The fourth-order valence-corrected chi connectivity index (χ4v) is 2.36. The molecule has 0 radical (unpaired) electrons. The highest BCUT2D eigenvalue weighted by atomic mass is 35.5. The Kier molecular flexibility index (Phi) is 2.34. The predicted octanol–water partition coefficient (Wildman–Crippen LogP) is 0.996. The predicted molar refractivity (Wildman–Crippen MR) is 66.0 cm³/mol. The van der Waals surface area contributed by atoms with Crippen molar-refractivity contribution in [3.63, 3.8) is 0 Å². The average molecular weight is 254 g/mol. The first kappa shape index (κ1) is 10.6. The molecule has 1 atom stereocenters. The molecular weight excluding hydrogens is 242 g/mol. The van der Waals surface area contributed by atoms with E-state index in [4.69, 9.17) is 27.6 Å². The second kappa shape index (κ2) is 3.75. The Balaban J connectivity index is 2.14. The van der Waals surface area contributed by atoms with Gasteiger partial charge < -0.3 is 20.9 Å². The second-order valence-corrected chi connectivity index (χ2v) is 4.60.